The molecule has 4 nitrogen and oxygen atoms in total. The van der Waals surface area contributed by atoms with Gasteiger partial charge < -0.3 is 14.5 Å². The molecular formula is C13H12ClNO3. The predicted molar refractivity (Wildman–Crippen MR) is 68.3 cm³/mol. The van der Waals surface area contributed by atoms with Crippen LogP contribution in [0.1, 0.15) is 17.4 Å². The monoisotopic (exact) mass is 265 g/mol. The molecule has 0 radical (unpaired) electrons. The fraction of sp³-hybridized carbons (Fsp3) is 0.154. The zero-order valence-corrected chi connectivity index (χ0v) is 10.5. The van der Waals surface area contributed by atoms with Crippen LogP contribution < -0.4 is 4.74 Å². The van der Waals surface area contributed by atoms with Crippen molar-refractivity contribution >= 4 is 17.6 Å². The lowest BCUT2D eigenvalue weighted by atomic mass is 10.3. The first kappa shape index (κ1) is 12.5. The highest BCUT2D eigenvalue weighted by molar-refractivity contribution is 6.30. The number of nitrogens with one attached hydrogen (secondary N) is 1. The van der Waals surface area contributed by atoms with E-state index in [2.05, 4.69) is 4.98 Å². The zero-order valence-electron chi connectivity index (χ0n) is 9.77. The van der Waals surface area contributed by atoms with Gasteiger partial charge in [0.05, 0.1) is 6.61 Å². The second kappa shape index (κ2) is 5.60. The van der Waals surface area contributed by atoms with E-state index in [0.29, 0.717) is 28.8 Å². The minimum Gasteiger partial charge on any atom is -0.461 e. The molecule has 0 bridgehead atoms. The van der Waals surface area contributed by atoms with Crippen LogP contribution in [0.2, 0.25) is 5.02 Å². The average Bonchev–Trinajstić information content (AvgIpc) is 2.81. The fourth-order valence-electron chi connectivity index (χ4n) is 1.40. The van der Waals surface area contributed by atoms with Crippen molar-refractivity contribution < 1.29 is 14.3 Å². The summed E-state index contributed by atoms with van der Waals surface area (Å²) < 4.78 is 10.4. The molecule has 2 aromatic rings. The molecule has 1 heterocycles. The molecule has 5 heteroatoms. The number of esters is 1. The molecule has 1 N–H and O–H groups in total. The standard InChI is InChI=1S/C13H12ClNO3/c1-2-17-13(16)12-7-11(8-15-12)18-10-5-3-9(14)4-6-10/h3-8,15H,2H2,1H3. The van der Waals surface area contributed by atoms with Crippen molar-refractivity contribution in [2.45, 2.75) is 6.92 Å². The van der Waals surface area contributed by atoms with E-state index in [1.165, 1.54) is 0 Å². The van der Waals surface area contributed by atoms with Crippen LogP contribution in [-0.4, -0.2) is 17.6 Å². The van der Waals surface area contributed by atoms with Gasteiger partial charge in [0.25, 0.3) is 0 Å². The number of carbonyl (C=O) groups excluding carboxylic acids is 1. The second-order valence-corrected chi connectivity index (χ2v) is 3.96. The van der Waals surface area contributed by atoms with Gasteiger partial charge in [0.1, 0.15) is 17.2 Å². The van der Waals surface area contributed by atoms with Crippen LogP contribution in [-0.2, 0) is 4.74 Å². The van der Waals surface area contributed by atoms with E-state index >= 15 is 0 Å². The van der Waals surface area contributed by atoms with E-state index < -0.39 is 5.97 Å². The number of benzene rings is 1. The Morgan fingerprint density at radius 2 is 2.00 bits per heavy atom. The summed E-state index contributed by atoms with van der Waals surface area (Å²) in [5, 5.41) is 0.642. The summed E-state index contributed by atoms with van der Waals surface area (Å²) in [7, 11) is 0. The van der Waals surface area contributed by atoms with Crippen molar-refractivity contribution in [2.75, 3.05) is 6.61 Å². The summed E-state index contributed by atoms with van der Waals surface area (Å²) in [6.45, 7) is 2.09. The predicted octanol–water partition coefficient (Wildman–Crippen LogP) is 3.64. The fourth-order valence-corrected chi connectivity index (χ4v) is 1.52. The highest BCUT2D eigenvalue weighted by Crippen LogP contribution is 2.23. The largest absolute Gasteiger partial charge is 0.461 e. The Kier molecular flexibility index (Phi) is 3.89. The average molecular weight is 266 g/mol. The van der Waals surface area contributed by atoms with Crippen molar-refractivity contribution in [1.29, 1.82) is 0 Å². The molecule has 0 unspecified atom stereocenters. The Balaban J connectivity index is 2.06. The van der Waals surface area contributed by atoms with Crippen LogP contribution in [0.15, 0.2) is 36.5 Å². The van der Waals surface area contributed by atoms with E-state index in [1.807, 2.05) is 0 Å². The van der Waals surface area contributed by atoms with Gasteiger partial charge >= 0.3 is 5.97 Å². The van der Waals surface area contributed by atoms with Gasteiger partial charge in [0, 0.05) is 17.3 Å². The third-order valence-corrected chi connectivity index (χ3v) is 2.45. The normalized spacial score (nSPS) is 10.1. The van der Waals surface area contributed by atoms with Gasteiger partial charge in [-0.15, -0.1) is 0 Å². The minimum atomic E-state index is -0.400. The van der Waals surface area contributed by atoms with Gasteiger partial charge in [0.15, 0.2) is 0 Å². The first-order valence-electron chi connectivity index (χ1n) is 5.48. The molecule has 1 aromatic carbocycles. The van der Waals surface area contributed by atoms with Crippen molar-refractivity contribution in [1.82, 2.24) is 4.98 Å². The summed E-state index contributed by atoms with van der Waals surface area (Å²) in [6, 6.07) is 8.55. The SMILES string of the molecule is CCOC(=O)c1cc(Oc2ccc(Cl)cc2)c[nH]1. The first-order chi connectivity index (χ1) is 8.69. The van der Waals surface area contributed by atoms with Gasteiger partial charge in [-0.2, -0.15) is 0 Å². The molecular weight excluding hydrogens is 254 g/mol. The number of hydrogen-bond donors (Lipinski definition) is 1. The van der Waals surface area contributed by atoms with Crippen LogP contribution in [0.3, 0.4) is 0 Å². The zero-order chi connectivity index (χ0) is 13.0. The molecule has 0 fully saturated rings. The van der Waals surface area contributed by atoms with Crippen molar-refractivity contribution in [3.63, 3.8) is 0 Å². The molecule has 2 rings (SSSR count). The van der Waals surface area contributed by atoms with Crippen LogP contribution in [0.5, 0.6) is 11.5 Å². The Labute approximate surface area is 109 Å². The topological polar surface area (TPSA) is 51.3 Å². The summed E-state index contributed by atoms with van der Waals surface area (Å²) in [4.78, 5) is 14.2. The van der Waals surface area contributed by atoms with E-state index in [4.69, 9.17) is 21.1 Å². The molecule has 0 aliphatic rings. The molecule has 0 aliphatic heterocycles. The molecule has 0 aliphatic carbocycles. The van der Waals surface area contributed by atoms with E-state index in [-0.39, 0.29) is 0 Å². The van der Waals surface area contributed by atoms with Gasteiger partial charge in [-0.05, 0) is 31.2 Å². The maximum atomic E-state index is 11.4. The third kappa shape index (κ3) is 3.05. The maximum Gasteiger partial charge on any atom is 0.354 e. The molecule has 1 aromatic heterocycles. The first-order valence-corrected chi connectivity index (χ1v) is 5.86. The summed E-state index contributed by atoms with van der Waals surface area (Å²) >= 11 is 5.77. The van der Waals surface area contributed by atoms with Crippen LogP contribution in [0.4, 0.5) is 0 Å². The van der Waals surface area contributed by atoms with Crippen molar-refractivity contribution in [3.8, 4) is 11.5 Å². The molecule has 0 atom stereocenters. The summed E-state index contributed by atoms with van der Waals surface area (Å²) in [5.74, 6) is 0.789. The van der Waals surface area contributed by atoms with Gasteiger partial charge in [-0.25, -0.2) is 4.79 Å². The van der Waals surface area contributed by atoms with Crippen molar-refractivity contribution in [3.05, 3.63) is 47.2 Å². The Hall–Kier alpha value is -1.94. The Morgan fingerprint density at radius 3 is 2.67 bits per heavy atom. The summed E-state index contributed by atoms with van der Waals surface area (Å²) in [6.07, 6.45) is 1.60. The van der Waals surface area contributed by atoms with E-state index in [9.17, 15) is 4.79 Å². The van der Waals surface area contributed by atoms with Crippen molar-refractivity contribution in [2.24, 2.45) is 0 Å². The second-order valence-electron chi connectivity index (χ2n) is 3.53. The quantitative estimate of drug-likeness (QED) is 0.859. The molecule has 18 heavy (non-hydrogen) atoms. The van der Waals surface area contributed by atoms with Crippen LogP contribution in [0, 0.1) is 0 Å². The highest BCUT2D eigenvalue weighted by atomic mass is 35.5. The number of carbonyl (C=O) groups is 1. The number of rotatable bonds is 4. The van der Waals surface area contributed by atoms with Crippen LogP contribution >= 0.6 is 11.6 Å². The number of aromatic nitrogens is 1. The lowest BCUT2D eigenvalue weighted by molar-refractivity contribution is 0.0520. The summed E-state index contributed by atoms with van der Waals surface area (Å²) in [5.41, 5.74) is 0.362. The number of H-pyrrole nitrogens is 1. The van der Waals surface area contributed by atoms with Gasteiger partial charge in [-0.1, -0.05) is 11.6 Å². The molecule has 0 saturated heterocycles. The number of hydrogen-bond acceptors (Lipinski definition) is 3. The Morgan fingerprint density at radius 1 is 1.28 bits per heavy atom. The van der Waals surface area contributed by atoms with Crippen LogP contribution in [0.25, 0.3) is 0 Å². The third-order valence-electron chi connectivity index (χ3n) is 2.20. The van der Waals surface area contributed by atoms with Gasteiger partial charge in [0.2, 0.25) is 0 Å². The molecule has 0 amide bonds. The number of ether oxygens (including phenoxy) is 2. The Bertz CT molecular complexity index is 533. The number of halogens is 1. The van der Waals surface area contributed by atoms with E-state index in [1.54, 1.807) is 43.5 Å². The smallest absolute Gasteiger partial charge is 0.354 e. The number of aromatic amines is 1. The molecule has 0 saturated carbocycles. The van der Waals surface area contributed by atoms with E-state index in [0.717, 1.165) is 0 Å². The lowest BCUT2D eigenvalue weighted by Crippen LogP contribution is -2.04. The lowest BCUT2D eigenvalue weighted by Gasteiger charge is -2.02. The highest BCUT2D eigenvalue weighted by Gasteiger charge is 2.10. The molecule has 94 valence electrons. The van der Waals surface area contributed by atoms with Gasteiger partial charge in [-0.3, -0.25) is 0 Å². The maximum absolute atomic E-state index is 11.4. The molecule has 0 spiro atoms. The minimum absolute atomic E-state index is 0.339.